The van der Waals surface area contributed by atoms with Crippen molar-refractivity contribution >= 4 is 29.9 Å². The molecule has 1 heterocycles. The Morgan fingerprint density at radius 1 is 1.08 bits per heavy atom. The summed E-state index contributed by atoms with van der Waals surface area (Å²) in [7, 11) is 1.78. The largest absolute Gasteiger partial charge is 0.356 e. The average Bonchev–Trinajstić information content (AvgIpc) is 2.65. The van der Waals surface area contributed by atoms with Gasteiger partial charge in [-0.05, 0) is 30.4 Å². The summed E-state index contributed by atoms with van der Waals surface area (Å²) in [4.78, 5) is 15.9. The predicted octanol–water partition coefficient (Wildman–Crippen LogP) is 3.22. The molecular formula is C20H29IN4O. The third kappa shape index (κ3) is 7.59. The minimum Gasteiger partial charge on any atom is -0.356 e. The summed E-state index contributed by atoms with van der Waals surface area (Å²) in [6.07, 6.45) is 3.77. The zero-order valence-electron chi connectivity index (χ0n) is 15.5. The van der Waals surface area contributed by atoms with Gasteiger partial charge < -0.3 is 15.2 Å². The Balaban J connectivity index is 0.00000338. The number of aryl methyl sites for hydroxylation is 1. The maximum Gasteiger partial charge on any atom is 0.250 e. The first-order valence-corrected chi connectivity index (χ1v) is 8.85. The van der Waals surface area contributed by atoms with Crippen LogP contribution in [0.15, 0.2) is 64.5 Å². The number of halogens is 1. The van der Waals surface area contributed by atoms with Crippen LogP contribution in [0.5, 0.6) is 0 Å². The Labute approximate surface area is 173 Å². The van der Waals surface area contributed by atoms with E-state index in [9.17, 15) is 4.79 Å². The van der Waals surface area contributed by atoms with Gasteiger partial charge in [0.05, 0.1) is 0 Å². The van der Waals surface area contributed by atoms with Gasteiger partial charge >= 0.3 is 0 Å². The SMILES string of the molecule is CN=C(NCCCCn1ccccc1=O)NCC(C)c1ccccc1.I. The van der Waals surface area contributed by atoms with Gasteiger partial charge in [0.2, 0.25) is 5.56 Å². The smallest absolute Gasteiger partial charge is 0.250 e. The van der Waals surface area contributed by atoms with E-state index in [0.717, 1.165) is 38.4 Å². The second-order valence-electron chi connectivity index (χ2n) is 6.13. The molecule has 0 saturated carbocycles. The zero-order valence-corrected chi connectivity index (χ0v) is 17.9. The van der Waals surface area contributed by atoms with Crippen molar-refractivity contribution in [1.29, 1.82) is 0 Å². The summed E-state index contributed by atoms with van der Waals surface area (Å²) in [5.41, 5.74) is 1.38. The fraction of sp³-hybridized carbons (Fsp3) is 0.400. The second kappa shape index (κ2) is 12.5. The van der Waals surface area contributed by atoms with Crippen LogP contribution in [0, 0.1) is 0 Å². The Bertz CT molecular complexity index is 715. The van der Waals surface area contributed by atoms with Crippen LogP contribution in [-0.4, -0.2) is 30.7 Å². The van der Waals surface area contributed by atoms with Gasteiger partial charge in [0, 0.05) is 38.9 Å². The molecule has 0 aliphatic carbocycles. The van der Waals surface area contributed by atoms with E-state index in [0.29, 0.717) is 5.92 Å². The first-order chi connectivity index (χ1) is 12.2. The van der Waals surface area contributed by atoms with Crippen molar-refractivity contribution in [2.45, 2.75) is 32.2 Å². The first kappa shape index (κ1) is 22.2. The number of pyridine rings is 1. The number of hydrogen-bond donors (Lipinski definition) is 2. The van der Waals surface area contributed by atoms with Crippen molar-refractivity contribution in [3.8, 4) is 0 Å². The van der Waals surface area contributed by atoms with E-state index in [1.54, 1.807) is 23.7 Å². The highest BCUT2D eigenvalue weighted by Gasteiger charge is 2.05. The number of guanidine groups is 1. The normalized spacial score (nSPS) is 12.2. The number of nitrogens with zero attached hydrogens (tertiary/aromatic N) is 2. The van der Waals surface area contributed by atoms with Crippen LogP contribution in [0.3, 0.4) is 0 Å². The van der Waals surface area contributed by atoms with E-state index in [-0.39, 0.29) is 29.5 Å². The van der Waals surface area contributed by atoms with Crippen molar-refractivity contribution in [3.05, 3.63) is 70.6 Å². The molecule has 0 aliphatic heterocycles. The molecule has 2 N–H and O–H groups in total. The van der Waals surface area contributed by atoms with Crippen LogP contribution in [-0.2, 0) is 6.54 Å². The van der Waals surface area contributed by atoms with Gasteiger partial charge in [-0.1, -0.05) is 43.3 Å². The number of nitrogens with one attached hydrogen (secondary N) is 2. The Kier molecular flexibility index (Phi) is 10.7. The fourth-order valence-corrected chi connectivity index (χ4v) is 2.63. The summed E-state index contributed by atoms with van der Waals surface area (Å²) in [5, 5.41) is 6.70. The van der Waals surface area contributed by atoms with Gasteiger partial charge in [-0.15, -0.1) is 24.0 Å². The summed E-state index contributed by atoms with van der Waals surface area (Å²) in [6, 6.07) is 15.7. The Morgan fingerprint density at radius 3 is 2.50 bits per heavy atom. The Morgan fingerprint density at radius 2 is 1.81 bits per heavy atom. The summed E-state index contributed by atoms with van der Waals surface area (Å²) < 4.78 is 1.74. The van der Waals surface area contributed by atoms with Crippen molar-refractivity contribution in [1.82, 2.24) is 15.2 Å². The number of unbranched alkanes of at least 4 members (excludes halogenated alkanes) is 1. The summed E-state index contributed by atoms with van der Waals surface area (Å²) in [6.45, 7) is 4.62. The average molecular weight is 468 g/mol. The number of aromatic nitrogens is 1. The molecule has 5 nitrogen and oxygen atoms in total. The lowest BCUT2D eigenvalue weighted by Gasteiger charge is -2.16. The molecule has 0 amide bonds. The first-order valence-electron chi connectivity index (χ1n) is 8.85. The lowest BCUT2D eigenvalue weighted by molar-refractivity contribution is 0.584. The van der Waals surface area contributed by atoms with E-state index in [4.69, 9.17) is 0 Å². The molecule has 0 bridgehead atoms. The highest BCUT2D eigenvalue weighted by atomic mass is 127. The van der Waals surface area contributed by atoms with E-state index in [1.165, 1.54) is 5.56 Å². The number of hydrogen-bond acceptors (Lipinski definition) is 2. The monoisotopic (exact) mass is 468 g/mol. The summed E-state index contributed by atoms with van der Waals surface area (Å²) in [5.74, 6) is 1.24. The zero-order chi connectivity index (χ0) is 17.9. The van der Waals surface area contributed by atoms with E-state index >= 15 is 0 Å². The second-order valence-corrected chi connectivity index (χ2v) is 6.13. The molecule has 142 valence electrons. The van der Waals surface area contributed by atoms with Crippen molar-refractivity contribution in [2.75, 3.05) is 20.1 Å². The molecule has 1 aromatic carbocycles. The summed E-state index contributed by atoms with van der Waals surface area (Å²) >= 11 is 0. The van der Waals surface area contributed by atoms with E-state index in [2.05, 4.69) is 46.8 Å². The number of aliphatic imine (C=N–C) groups is 1. The highest BCUT2D eigenvalue weighted by Crippen LogP contribution is 2.12. The third-order valence-electron chi connectivity index (χ3n) is 4.19. The van der Waals surface area contributed by atoms with Crippen LogP contribution in [0.4, 0.5) is 0 Å². The minimum atomic E-state index is 0. The molecule has 1 aromatic heterocycles. The maximum atomic E-state index is 11.6. The van der Waals surface area contributed by atoms with Crippen molar-refractivity contribution < 1.29 is 0 Å². The molecule has 1 atom stereocenters. The standard InChI is InChI=1S/C20H28N4O.HI/c1-17(18-10-4-3-5-11-18)16-23-20(21-2)22-13-7-9-15-24-14-8-6-12-19(24)25;/h3-6,8,10-12,14,17H,7,9,13,15-16H2,1-2H3,(H2,21,22,23);1H. The molecular weight excluding hydrogens is 439 g/mol. The van der Waals surface area contributed by atoms with Crippen molar-refractivity contribution in [3.63, 3.8) is 0 Å². The van der Waals surface area contributed by atoms with E-state index in [1.807, 2.05) is 18.3 Å². The van der Waals surface area contributed by atoms with Gasteiger partial charge in [-0.25, -0.2) is 0 Å². The predicted molar refractivity (Wildman–Crippen MR) is 120 cm³/mol. The minimum absolute atomic E-state index is 0. The van der Waals surface area contributed by atoms with Gasteiger partial charge in [0.15, 0.2) is 5.96 Å². The molecule has 0 saturated heterocycles. The molecule has 0 fully saturated rings. The molecule has 6 heteroatoms. The quantitative estimate of drug-likeness (QED) is 0.271. The van der Waals surface area contributed by atoms with Gasteiger partial charge in [-0.2, -0.15) is 0 Å². The highest BCUT2D eigenvalue weighted by molar-refractivity contribution is 14.0. The number of rotatable bonds is 8. The van der Waals surface area contributed by atoms with Gasteiger partial charge in [-0.3, -0.25) is 9.79 Å². The third-order valence-corrected chi connectivity index (χ3v) is 4.19. The maximum absolute atomic E-state index is 11.6. The van der Waals surface area contributed by atoms with Crippen molar-refractivity contribution in [2.24, 2.45) is 4.99 Å². The fourth-order valence-electron chi connectivity index (χ4n) is 2.63. The molecule has 26 heavy (non-hydrogen) atoms. The molecule has 0 radical (unpaired) electrons. The lowest BCUT2D eigenvalue weighted by atomic mass is 10.0. The number of benzene rings is 1. The van der Waals surface area contributed by atoms with Crippen LogP contribution in [0.1, 0.15) is 31.2 Å². The van der Waals surface area contributed by atoms with Crippen LogP contribution in [0.2, 0.25) is 0 Å². The van der Waals surface area contributed by atoms with E-state index < -0.39 is 0 Å². The van der Waals surface area contributed by atoms with Crippen LogP contribution < -0.4 is 16.2 Å². The molecule has 0 spiro atoms. The van der Waals surface area contributed by atoms with Crippen LogP contribution >= 0.6 is 24.0 Å². The molecule has 0 aliphatic rings. The molecule has 1 unspecified atom stereocenters. The molecule has 2 aromatic rings. The van der Waals surface area contributed by atoms with Gasteiger partial charge in [0.1, 0.15) is 0 Å². The lowest BCUT2D eigenvalue weighted by Crippen LogP contribution is -2.39. The topological polar surface area (TPSA) is 58.4 Å². The Hall–Kier alpha value is -1.83. The van der Waals surface area contributed by atoms with Crippen LogP contribution in [0.25, 0.3) is 0 Å². The van der Waals surface area contributed by atoms with Gasteiger partial charge in [0.25, 0.3) is 0 Å². The molecule has 2 rings (SSSR count).